The van der Waals surface area contributed by atoms with E-state index in [9.17, 15) is 0 Å². The van der Waals surface area contributed by atoms with Crippen molar-refractivity contribution >= 4 is 53.5 Å². The lowest BCUT2D eigenvalue weighted by Crippen LogP contribution is -2.17. The van der Waals surface area contributed by atoms with Gasteiger partial charge in [0.05, 0.1) is 11.7 Å². The Bertz CT molecular complexity index is 616. The van der Waals surface area contributed by atoms with Crippen LogP contribution in [0.25, 0.3) is 0 Å². The van der Waals surface area contributed by atoms with Crippen molar-refractivity contribution in [3.8, 4) is 0 Å². The summed E-state index contributed by atoms with van der Waals surface area (Å²) in [6.45, 7) is 0. The predicted molar refractivity (Wildman–Crippen MR) is 95.3 cm³/mol. The Morgan fingerprint density at radius 1 is 1.00 bits per heavy atom. The number of halogens is 3. The van der Waals surface area contributed by atoms with Crippen molar-refractivity contribution in [2.75, 3.05) is 5.32 Å². The van der Waals surface area contributed by atoms with E-state index < -0.39 is 0 Å². The van der Waals surface area contributed by atoms with Crippen molar-refractivity contribution in [1.29, 1.82) is 0 Å². The molecule has 2 aromatic rings. The van der Waals surface area contributed by atoms with Crippen molar-refractivity contribution in [2.45, 2.75) is 25.3 Å². The molecule has 1 aliphatic rings. The Hall–Kier alpha value is -0.320. The van der Waals surface area contributed by atoms with E-state index in [1.165, 1.54) is 30.4 Å². The lowest BCUT2D eigenvalue weighted by Gasteiger charge is -2.28. The number of fused-ring (bicyclic) bond motifs is 1. The fourth-order valence-electron chi connectivity index (χ4n) is 2.76. The molecule has 0 heterocycles. The van der Waals surface area contributed by atoms with E-state index in [4.69, 9.17) is 0 Å². The van der Waals surface area contributed by atoms with Crippen LogP contribution >= 0.6 is 47.8 Å². The number of rotatable bonds is 2. The second-order valence-electron chi connectivity index (χ2n) is 5.03. The highest BCUT2D eigenvalue weighted by atomic mass is 79.9. The van der Waals surface area contributed by atoms with Crippen LogP contribution in [0.15, 0.2) is 49.8 Å². The highest BCUT2D eigenvalue weighted by molar-refractivity contribution is 9.11. The van der Waals surface area contributed by atoms with Gasteiger partial charge in [0.25, 0.3) is 0 Å². The van der Waals surface area contributed by atoms with Gasteiger partial charge in [-0.3, -0.25) is 0 Å². The minimum absolute atomic E-state index is 0.383. The van der Waals surface area contributed by atoms with Gasteiger partial charge in [0.2, 0.25) is 0 Å². The lowest BCUT2D eigenvalue weighted by molar-refractivity contribution is 0.600. The second-order valence-corrected chi connectivity index (χ2v) is 7.66. The molecule has 0 amide bonds. The summed E-state index contributed by atoms with van der Waals surface area (Å²) in [6.07, 6.45) is 3.60. The van der Waals surface area contributed by atoms with Gasteiger partial charge >= 0.3 is 0 Å². The molecule has 3 rings (SSSR count). The topological polar surface area (TPSA) is 12.0 Å². The number of aryl methyl sites for hydroxylation is 1. The summed E-state index contributed by atoms with van der Waals surface area (Å²) < 4.78 is 3.20. The molecule has 0 saturated carbocycles. The first kappa shape index (κ1) is 14.6. The van der Waals surface area contributed by atoms with Crippen LogP contribution in [0, 0.1) is 0 Å². The maximum Gasteiger partial charge on any atom is 0.0634 e. The number of benzene rings is 2. The number of anilines is 1. The highest BCUT2D eigenvalue weighted by Crippen LogP contribution is 2.39. The fraction of sp³-hybridized carbons (Fsp3) is 0.250. The molecule has 104 valence electrons. The molecule has 0 spiro atoms. The Kier molecular flexibility index (Phi) is 4.53. The normalized spacial score (nSPS) is 17.6. The summed E-state index contributed by atoms with van der Waals surface area (Å²) in [5.41, 5.74) is 4.02. The van der Waals surface area contributed by atoms with Gasteiger partial charge in [-0.15, -0.1) is 0 Å². The van der Waals surface area contributed by atoms with Crippen LogP contribution in [-0.4, -0.2) is 0 Å². The van der Waals surface area contributed by atoms with Crippen LogP contribution in [0.1, 0.15) is 30.0 Å². The first-order valence-electron chi connectivity index (χ1n) is 6.64. The van der Waals surface area contributed by atoms with Gasteiger partial charge in [-0.05, 0) is 74.4 Å². The average Bonchev–Trinajstić information content (AvgIpc) is 2.43. The SMILES string of the molecule is Brc1cc(Br)c(NC2CCCc3ccccc32)c(Br)c1. The van der Waals surface area contributed by atoms with Gasteiger partial charge in [-0.1, -0.05) is 40.2 Å². The molecular formula is C16H14Br3N. The predicted octanol–water partition coefficient (Wildman–Crippen LogP) is 6.46. The monoisotopic (exact) mass is 457 g/mol. The van der Waals surface area contributed by atoms with E-state index in [1.54, 1.807) is 0 Å². The summed E-state index contributed by atoms with van der Waals surface area (Å²) in [5, 5.41) is 3.69. The quantitative estimate of drug-likeness (QED) is 0.543. The number of nitrogens with one attached hydrogen (secondary N) is 1. The van der Waals surface area contributed by atoms with E-state index in [1.807, 2.05) is 0 Å². The summed E-state index contributed by atoms with van der Waals surface area (Å²) in [6, 6.07) is 13.3. The molecule has 1 aliphatic carbocycles. The molecule has 2 aromatic carbocycles. The molecule has 0 radical (unpaired) electrons. The Morgan fingerprint density at radius 3 is 2.45 bits per heavy atom. The van der Waals surface area contributed by atoms with Gasteiger partial charge in [0.1, 0.15) is 0 Å². The zero-order valence-electron chi connectivity index (χ0n) is 10.8. The standard InChI is InChI=1S/C16H14Br3N/c17-11-8-13(18)16(14(19)9-11)20-15-7-3-5-10-4-1-2-6-12(10)15/h1-2,4,6,8-9,15,20H,3,5,7H2. The molecule has 4 heteroatoms. The molecule has 1 unspecified atom stereocenters. The van der Waals surface area contributed by atoms with E-state index in [-0.39, 0.29) is 0 Å². The second kappa shape index (κ2) is 6.20. The molecular weight excluding hydrogens is 446 g/mol. The number of hydrogen-bond donors (Lipinski definition) is 1. The zero-order valence-corrected chi connectivity index (χ0v) is 15.6. The van der Waals surface area contributed by atoms with E-state index in [0.29, 0.717) is 6.04 Å². The zero-order chi connectivity index (χ0) is 14.1. The van der Waals surface area contributed by atoms with Gasteiger partial charge < -0.3 is 5.32 Å². The molecule has 20 heavy (non-hydrogen) atoms. The molecule has 0 fully saturated rings. The van der Waals surface area contributed by atoms with Crippen LogP contribution in [0.3, 0.4) is 0 Å². The fourth-order valence-corrected chi connectivity index (χ4v) is 5.25. The summed E-state index contributed by atoms with van der Waals surface area (Å²) in [5.74, 6) is 0. The molecule has 0 bridgehead atoms. The maximum absolute atomic E-state index is 3.69. The van der Waals surface area contributed by atoms with Gasteiger partial charge in [0.15, 0.2) is 0 Å². The molecule has 0 saturated heterocycles. The molecule has 1 atom stereocenters. The first-order chi connectivity index (χ1) is 9.65. The van der Waals surface area contributed by atoms with Crippen molar-refractivity contribution in [1.82, 2.24) is 0 Å². The van der Waals surface area contributed by atoms with Crippen LogP contribution in [0.2, 0.25) is 0 Å². The van der Waals surface area contributed by atoms with Crippen molar-refractivity contribution in [2.24, 2.45) is 0 Å². The third kappa shape index (κ3) is 2.97. The third-order valence-corrected chi connectivity index (χ3v) is 5.40. The Labute approximate surface area is 144 Å². The molecule has 1 N–H and O–H groups in total. The van der Waals surface area contributed by atoms with Gasteiger partial charge in [0, 0.05) is 13.4 Å². The maximum atomic E-state index is 3.69. The van der Waals surface area contributed by atoms with Gasteiger partial charge in [-0.2, -0.15) is 0 Å². The van der Waals surface area contributed by atoms with E-state index in [2.05, 4.69) is 89.5 Å². The summed E-state index contributed by atoms with van der Waals surface area (Å²) in [4.78, 5) is 0. The largest absolute Gasteiger partial charge is 0.376 e. The smallest absolute Gasteiger partial charge is 0.0634 e. The van der Waals surface area contributed by atoms with Crippen LogP contribution in [0.5, 0.6) is 0 Å². The molecule has 0 aromatic heterocycles. The van der Waals surface area contributed by atoms with Crippen LogP contribution < -0.4 is 5.32 Å². The van der Waals surface area contributed by atoms with Gasteiger partial charge in [-0.25, -0.2) is 0 Å². The minimum atomic E-state index is 0.383. The van der Waals surface area contributed by atoms with Crippen molar-refractivity contribution in [3.05, 3.63) is 60.9 Å². The third-order valence-electron chi connectivity index (χ3n) is 3.69. The van der Waals surface area contributed by atoms with Crippen molar-refractivity contribution < 1.29 is 0 Å². The van der Waals surface area contributed by atoms with E-state index >= 15 is 0 Å². The first-order valence-corrected chi connectivity index (χ1v) is 9.02. The van der Waals surface area contributed by atoms with E-state index in [0.717, 1.165) is 19.1 Å². The Balaban J connectivity index is 1.94. The minimum Gasteiger partial charge on any atom is -0.376 e. The lowest BCUT2D eigenvalue weighted by atomic mass is 9.87. The summed E-state index contributed by atoms with van der Waals surface area (Å²) in [7, 11) is 0. The number of hydrogen-bond acceptors (Lipinski definition) is 1. The molecule has 0 aliphatic heterocycles. The summed E-state index contributed by atoms with van der Waals surface area (Å²) >= 11 is 10.8. The molecule has 1 nitrogen and oxygen atoms in total. The van der Waals surface area contributed by atoms with Crippen LogP contribution in [0.4, 0.5) is 5.69 Å². The van der Waals surface area contributed by atoms with Crippen LogP contribution in [-0.2, 0) is 6.42 Å². The average molecular weight is 460 g/mol. The highest BCUT2D eigenvalue weighted by Gasteiger charge is 2.21. The van der Waals surface area contributed by atoms with Crippen molar-refractivity contribution in [3.63, 3.8) is 0 Å². The Morgan fingerprint density at radius 2 is 1.70 bits per heavy atom.